The molecule has 0 atom stereocenters. The Morgan fingerprint density at radius 2 is 1.21 bits per heavy atom. The Hall–Kier alpha value is -1.99. The van der Waals surface area contributed by atoms with Crippen molar-refractivity contribution in [2.45, 2.75) is 39.5 Å². The molecule has 0 radical (unpaired) electrons. The topological polar surface area (TPSA) is 13.1 Å². The van der Waals surface area contributed by atoms with E-state index in [1.54, 1.807) is 0 Å². The summed E-state index contributed by atoms with van der Waals surface area (Å²) in [5.74, 6) is 2.02. The number of hydrogen-bond donors (Lipinski definition) is 0. The van der Waals surface area contributed by atoms with E-state index in [0.29, 0.717) is 0 Å². The smallest absolute Gasteiger partial charge is 0.138 e. The monoisotopic (exact) mass is 338 g/mol. The Kier molecular flexibility index (Phi) is 5.42. The molecule has 3 rings (SSSR count). The minimum atomic E-state index is 0.749. The van der Waals surface area contributed by atoms with Crippen LogP contribution in [0.5, 0.6) is 0 Å². The van der Waals surface area contributed by atoms with E-state index in [1.807, 2.05) is 30.3 Å². The van der Waals surface area contributed by atoms with E-state index in [0.717, 1.165) is 53.4 Å². The standard InChI is InChI=1S/C22H23ClO/c1-3-8-19-20(9-4-2)22(17-12-14-18(23)15-13-17)24-21(19)16-10-6-5-7-11-16/h5-7,10-15H,3-4,8-9H2,1-2H3. The average molecular weight is 339 g/mol. The minimum Gasteiger partial charge on any atom is -0.456 e. The fourth-order valence-electron chi connectivity index (χ4n) is 3.19. The van der Waals surface area contributed by atoms with Crippen LogP contribution in [0.15, 0.2) is 59.0 Å². The Bertz CT molecular complexity index is 785. The number of halogens is 1. The molecule has 0 aliphatic carbocycles. The van der Waals surface area contributed by atoms with Crippen molar-refractivity contribution >= 4 is 11.6 Å². The molecule has 3 aromatic rings. The maximum absolute atomic E-state index is 6.42. The van der Waals surface area contributed by atoms with Crippen LogP contribution in [-0.2, 0) is 12.8 Å². The van der Waals surface area contributed by atoms with E-state index in [2.05, 4.69) is 38.1 Å². The first-order valence-corrected chi connectivity index (χ1v) is 9.08. The SMILES string of the molecule is CCCc1c(-c2ccccc2)oc(-c2ccc(Cl)cc2)c1CCC. The second-order valence-electron chi connectivity index (χ2n) is 6.09. The van der Waals surface area contributed by atoms with Gasteiger partial charge in [-0.1, -0.05) is 68.6 Å². The number of hydrogen-bond acceptors (Lipinski definition) is 1. The molecule has 0 amide bonds. The molecule has 0 unspecified atom stereocenters. The van der Waals surface area contributed by atoms with Crippen molar-refractivity contribution in [2.75, 3.05) is 0 Å². The summed E-state index contributed by atoms with van der Waals surface area (Å²) in [7, 11) is 0. The molecule has 124 valence electrons. The van der Waals surface area contributed by atoms with Gasteiger partial charge in [-0.05, 0) is 37.1 Å². The zero-order valence-electron chi connectivity index (χ0n) is 14.3. The Balaban J connectivity index is 2.19. The summed E-state index contributed by atoms with van der Waals surface area (Å²) in [5.41, 5.74) is 4.96. The van der Waals surface area contributed by atoms with E-state index >= 15 is 0 Å². The Morgan fingerprint density at radius 1 is 0.708 bits per heavy atom. The predicted molar refractivity (Wildman–Crippen MR) is 103 cm³/mol. The van der Waals surface area contributed by atoms with Crippen molar-refractivity contribution in [3.8, 4) is 22.6 Å². The third kappa shape index (κ3) is 3.42. The summed E-state index contributed by atoms with van der Waals surface area (Å²) in [6, 6.07) is 18.4. The van der Waals surface area contributed by atoms with Gasteiger partial charge in [0.25, 0.3) is 0 Å². The van der Waals surface area contributed by atoms with E-state index in [1.165, 1.54) is 11.1 Å². The number of benzene rings is 2. The van der Waals surface area contributed by atoms with Crippen LogP contribution in [0.3, 0.4) is 0 Å². The third-order valence-electron chi connectivity index (χ3n) is 4.26. The fourth-order valence-corrected chi connectivity index (χ4v) is 3.31. The van der Waals surface area contributed by atoms with Crippen LogP contribution in [-0.4, -0.2) is 0 Å². The van der Waals surface area contributed by atoms with Crippen molar-refractivity contribution < 1.29 is 4.42 Å². The van der Waals surface area contributed by atoms with Crippen LogP contribution in [0.4, 0.5) is 0 Å². The molecule has 0 spiro atoms. The van der Waals surface area contributed by atoms with Gasteiger partial charge in [-0.25, -0.2) is 0 Å². The molecule has 0 N–H and O–H groups in total. The highest BCUT2D eigenvalue weighted by Gasteiger charge is 2.21. The van der Waals surface area contributed by atoms with E-state index in [9.17, 15) is 0 Å². The zero-order chi connectivity index (χ0) is 16.9. The first-order valence-electron chi connectivity index (χ1n) is 8.70. The third-order valence-corrected chi connectivity index (χ3v) is 4.51. The maximum atomic E-state index is 6.42. The summed E-state index contributed by atoms with van der Waals surface area (Å²) in [5, 5.41) is 0.749. The second-order valence-corrected chi connectivity index (χ2v) is 6.53. The molecule has 2 aromatic carbocycles. The number of furan rings is 1. The van der Waals surface area contributed by atoms with E-state index in [-0.39, 0.29) is 0 Å². The summed E-state index contributed by atoms with van der Waals surface area (Å²) in [6.45, 7) is 4.44. The van der Waals surface area contributed by atoms with Crippen molar-refractivity contribution in [2.24, 2.45) is 0 Å². The van der Waals surface area contributed by atoms with Gasteiger partial charge in [0, 0.05) is 27.3 Å². The molecule has 1 heterocycles. The average Bonchev–Trinajstić information content (AvgIpc) is 2.96. The quantitative estimate of drug-likeness (QED) is 0.464. The van der Waals surface area contributed by atoms with E-state index < -0.39 is 0 Å². The first kappa shape index (κ1) is 16.9. The molecule has 0 fully saturated rings. The van der Waals surface area contributed by atoms with Gasteiger partial charge in [0.15, 0.2) is 0 Å². The second kappa shape index (κ2) is 7.72. The highest BCUT2D eigenvalue weighted by atomic mass is 35.5. The van der Waals surface area contributed by atoms with Gasteiger partial charge in [-0.2, -0.15) is 0 Å². The lowest BCUT2D eigenvalue weighted by molar-refractivity contribution is 0.591. The molecular weight excluding hydrogens is 316 g/mol. The van der Waals surface area contributed by atoms with E-state index in [4.69, 9.17) is 16.0 Å². The summed E-state index contributed by atoms with van der Waals surface area (Å²) in [4.78, 5) is 0. The fraction of sp³-hybridized carbons (Fsp3) is 0.273. The molecule has 0 saturated heterocycles. The number of rotatable bonds is 6. The van der Waals surface area contributed by atoms with Crippen LogP contribution in [0.2, 0.25) is 5.02 Å². The van der Waals surface area contributed by atoms with Gasteiger partial charge in [0.1, 0.15) is 11.5 Å². The normalized spacial score (nSPS) is 11.0. The van der Waals surface area contributed by atoms with Crippen LogP contribution in [0.1, 0.15) is 37.8 Å². The molecule has 0 saturated carbocycles. The minimum absolute atomic E-state index is 0.749. The molecule has 1 nitrogen and oxygen atoms in total. The Morgan fingerprint density at radius 3 is 1.71 bits per heavy atom. The van der Waals surface area contributed by atoms with Crippen molar-refractivity contribution in [3.05, 3.63) is 70.7 Å². The van der Waals surface area contributed by atoms with Crippen LogP contribution < -0.4 is 0 Å². The maximum Gasteiger partial charge on any atom is 0.138 e. The summed E-state index contributed by atoms with van der Waals surface area (Å²) >= 11 is 6.05. The highest BCUT2D eigenvalue weighted by molar-refractivity contribution is 6.30. The molecular formula is C22H23ClO. The largest absolute Gasteiger partial charge is 0.456 e. The molecule has 1 aromatic heterocycles. The van der Waals surface area contributed by atoms with Crippen molar-refractivity contribution in [1.82, 2.24) is 0 Å². The summed E-state index contributed by atoms with van der Waals surface area (Å²) in [6.07, 6.45) is 4.28. The highest BCUT2D eigenvalue weighted by Crippen LogP contribution is 2.39. The predicted octanol–water partition coefficient (Wildman–Crippen LogP) is 7.17. The van der Waals surface area contributed by atoms with Crippen molar-refractivity contribution in [1.29, 1.82) is 0 Å². The molecule has 2 heteroatoms. The molecule has 24 heavy (non-hydrogen) atoms. The lowest BCUT2D eigenvalue weighted by Crippen LogP contribution is -1.93. The van der Waals surface area contributed by atoms with Crippen LogP contribution in [0, 0.1) is 0 Å². The van der Waals surface area contributed by atoms with Gasteiger partial charge < -0.3 is 4.42 Å². The lowest BCUT2D eigenvalue weighted by atomic mass is 9.95. The van der Waals surface area contributed by atoms with Gasteiger partial charge in [0.2, 0.25) is 0 Å². The van der Waals surface area contributed by atoms with Crippen LogP contribution in [0.25, 0.3) is 22.6 Å². The van der Waals surface area contributed by atoms with Crippen molar-refractivity contribution in [3.63, 3.8) is 0 Å². The first-order chi connectivity index (χ1) is 11.7. The molecule has 0 bridgehead atoms. The van der Waals surface area contributed by atoms with Gasteiger partial charge in [-0.15, -0.1) is 0 Å². The molecule has 0 aliphatic rings. The van der Waals surface area contributed by atoms with Gasteiger partial charge >= 0.3 is 0 Å². The molecule has 0 aliphatic heterocycles. The lowest BCUT2D eigenvalue weighted by Gasteiger charge is -2.05. The van der Waals surface area contributed by atoms with Gasteiger partial charge in [-0.3, -0.25) is 0 Å². The Labute approximate surface area is 149 Å². The zero-order valence-corrected chi connectivity index (χ0v) is 15.1. The summed E-state index contributed by atoms with van der Waals surface area (Å²) < 4.78 is 6.42. The van der Waals surface area contributed by atoms with Gasteiger partial charge in [0.05, 0.1) is 0 Å². The van der Waals surface area contributed by atoms with Crippen LogP contribution >= 0.6 is 11.6 Å².